The molecule has 2 N–H and O–H groups in total. The summed E-state index contributed by atoms with van der Waals surface area (Å²) >= 11 is 0. The molecule has 10 heteroatoms. The molecule has 2 aliphatic rings. The van der Waals surface area contributed by atoms with E-state index in [1.807, 2.05) is 0 Å². The molecule has 2 fully saturated rings. The maximum absolute atomic E-state index is 15.2. The zero-order valence-corrected chi connectivity index (χ0v) is 22.1. The summed E-state index contributed by atoms with van der Waals surface area (Å²) < 4.78 is 46.4. The summed E-state index contributed by atoms with van der Waals surface area (Å²) in [6.45, 7) is 3.76. The van der Waals surface area contributed by atoms with E-state index in [9.17, 15) is 9.18 Å². The highest BCUT2D eigenvalue weighted by Crippen LogP contribution is 2.37. The van der Waals surface area contributed by atoms with Crippen LogP contribution in [-0.4, -0.2) is 66.1 Å². The van der Waals surface area contributed by atoms with Crippen LogP contribution >= 0.6 is 0 Å². The van der Waals surface area contributed by atoms with Crippen molar-refractivity contribution in [1.82, 2.24) is 14.9 Å². The number of benzene rings is 2. The third-order valence-corrected chi connectivity index (χ3v) is 7.51. The van der Waals surface area contributed by atoms with Crippen molar-refractivity contribution in [1.29, 1.82) is 0 Å². The molecular formula is C30H30F2N4O4. The van der Waals surface area contributed by atoms with Crippen molar-refractivity contribution in [2.45, 2.75) is 31.4 Å². The number of aromatic nitrogens is 2. The average Bonchev–Trinajstić information content (AvgIpc) is 3.37. The number of pyridine rings is 1. The van der Waals surface area contributed by atoms with Gasteiger partial charge >= 0.3 is 0 Å². The van der Waals surface area contributed by atoms with Crippen molar-refractivity contribution in [3.05, 3.63) is 77.6 Å². The van der Waals surface area contributed by atoms with Gasteiger partial charge in [-0.2, -0.15) is 0 Å². The molecule has 40 heavy (non-hydrogen) atoms. The van der Waals surface area contributed by atoms with Crippen LogP contribution in [0.1, 0.15) is 35.2 Å². The van der Waals surface area contributed by atoms with Gasteiger partial charge in [0.1, 0.15) is 17.2 Å². The maximum Gasteiger partial charge on any atom is 0.198 e. The van der Waals surface area contributed by atoms with Crippen molar-refractivity contribution < 1.29 is 27.8 Å². The lowest BCUT2D eigenvalue weighted by Crippen LogP contribution is -2.46. The molecule has 0 radical (unpaired) electrons. The van der Waals surface area contributed by atoms with Crippen LogP contribution in [0.3, 0.4) is 0 Å². The summed E-state index contributed by atoms with van der Waals surface area (Å²) in [7, 11) is 1.54. The highest BCUT2D eigenvalue weighted by molar-refractivity contribution is 6.19. The minimum Gasteiger partial charge on any atom is -0.493 e. The van der Waals surface area contributed by atoms with Gasteiger partial charge < -0.3 is 29.4 Å². The molecule has 0 aliphatic carbocycles. The first-order chi connectivity index (χ1) is 19.5. The zero-order chi connectivity index (χ0) is 27.6. The van der Waals surface area contributed by atoms with Crippen molar-refractivity contribution in [2.75, 3.05) is 38.7 Å². The fourth-order valence-electron chi connectivity index (χ4n) is 5.22. The number of nitrogens with zero attached hydrogens (tertiary/aromatic N) is 2. The number of likely N-dealkylation sites (tertiary alicyclic amines) is 1. The SMILES string of the molecule is COc1cnc2[nH]cc(C(=O)c3ccc(Oc4ccccc4F)cc3F)c2c1N[C@@H]1CC[C@@H](CN2CCC2)OC1. The smallest absolute Gasteiger partial charge is 0.198 e. The van der Waals surface area contributed by atoms with Crippen molar-refractivity contribution in [3.8, 4) is 17.2 Å². The summed E-state index contributed by atoms with van der Waals surface area (Å²) in [5.41, 5.74) is 1.18. The lowest BCUT2D eigenvalue weighted by molar-refractivity contribution is -0.0215. The number of nitrogens with one attached hydrogen (secondary N) is 2. The van der Waals surface area contributed by atoms with Crippen molar-refractivity contribution in [3.63, 3.8) is 0 Å². The Bertz CT molecular complexity index is 1530. The van der Waals surface area contributed by atoms with E-state index in [0.717, 1.165) is 38.5 Å². The Balaban J connectivity index is 1.24. The monoisotopic (exact) mass is 548 g/mol. The molecule has 0 saturated carbocycles. The van der Waals surface area contributed by atoms with Crippen LogP contribution in [0.4, 0.5) is 14.5 Å². The van der Waals surface area contributed by atoms with Gasteiger partial charge in [0.25, 0.3) is 0 Å². The van der Waals surface area contributed by atoms with E-state index in [0.29, 0.717) is 29.1 Å². The predicted octanol–water partition coefficient (Wildman–Crippen LogP) is 5.54. The number of rotatable bonds is 9. The molecule has 8 nitrogen and oxygen atoms in total. The summed E-state index contributed by atoms with van der Waals surface area (Å²) in [6.07, 6.45) is 6.40. The van der Waals surface area contributed by atoms with Crippen LogP contribution < -0.4 is 14.8 Å². The number of para-hydroxylation sites is 1. The summed E-state index contributed by atoms with van der Waals surface area (Å²) in [4.78, 5) is 23.4. The minimum atomic E-state index is -0.785. The minimum absolute atomic E-state index is 0.0107. The number of ketones is 1. The van der Waals surface area contributed by atoms with E-state index in [4.69, 9.17) is 14.2 Å². The Morgan fingerprint density at radius 2 is 1.98 bits per heavy atom. The first kappa shape index (κ1) is 26.2. The van der Waals surface area contributed by atoms with Crippen LogP contribution in [-0.2, 0) is 4.74 Å². The van der Waals surface area contributed by atoms with Crippen molar-refractivity contribution >= 4 is 22.5 Å². The summed E-state index contributed by atoms with van der Waals surface area (Å²) in [5, 5.41) is 4.02. The molecule has 4 heterocycles. The number of H-pyrrole nitrogens is 1. The second-order valence-electron chi connectivity index (χ2n) is 10.2. The summed E-state index contributed by atoms with van der Waals surface area (Å²) in [5.74, 6) is -1.38. The largest absolute Gasteiger partial charge is 0.493 e. The van der Waals surface area contributed by atoms with Crippen LogP contribution in [0.25, 0.3) is 11.0 Å². The summed E-state index contributed by atoms with van der Waals surface area (Å²) in [6, 6.07) is 9.69. The van der Waals surface area contributed by atoms with Gasteiger partial charge in [-0.1, -0.05) is 12.1 Å². The van der Waals surface area contributed by atoms with Crippen LogP contribution in [0.2, 0.25) is 0 Å². The first-order valence-corrected chi connectivity index (χ1v) is 13.4. The lowest BCUT2D eigenvalue weighted by atomic mass is 10.00. The highest BCUT2D eigenvalue weighted by Gasteiger charge is 2.28. The normalized spacial score (nSPS) is 19.3. The third kappa shape index (κ3) is 5.24. The topological polar surface area (TPSA) is 88.7 Å². The average molecular weight is 549 g/mol. The van der Waals surface area contributed by atoms with Gasteiger partial charge in [0.05, 0.1) is 48.2 Å². The highest BCUT2D eigenvalue weighted by atomic mass is 19.1. The van der Waals surface area contributed by atoms with Crippen molar-refractivity contribution in [2.24, 2.45) is 0 Å². The number of anilines is 1. The van der Waals surface area contributed by atoms with Gasteiger partial charge in [-0.3, -0.25) is 4.79 Å². The third-order valence-electron chi connectivity index (χ3n) is 7.51. The first-order valence-electron chi connectivity index (χ1n) is 13.4. The fourth-order valence-corrected chi connectivity index (χ4v) is 5.22. The molecule has 2 saturated heterocycles. The molecular weight excluding hydrogens is 518 g/mol. The van der Waals surface area contributed by atoms with Gasteiger partial charge in [0.2, 0.25) is 0 Å². The number of hydrogen-bond acceptors (Lipinski definition) is 7. The van der Waals surface area contributed by atoms with E-state index in [1.165, 1.54) is 50.1 Å². The molecule has 6 rings (SSSR count). The second-order valence-corrected chi connectivity index (χ2v) is 10.2. The van der Waals surface area contributed by atoms with Crippen LogP contribution in [0.5, 0.6) is 17.2 Å². The Kier molecular flexibility index (Phi) is 7.36. The van der Waals surface area contributed by atoms with Gasteiger partial charge in [-0.05, 0) is 56.6 Å². The number of carbonyl (C=O) groups excluding carboxylic acids is 1. The molecule has 2 aromatic heterocycles. The molecule has 0 amide bonds. The number of carbonyl (C=O) groups is 1. The molecule has 0 bridgehead atoms. The molecule has 2 aromatic carbocycles. The Morgan fingerprint density at radius 1 is 1.12 bits per heavy atom. The second kappa shape index (κ2) is 11.2. The van der Waals surface area contributed by atoms with Gasteiger partial charge in [-0.15, -0.1) is 0 Å². The number of hydrogen-bond donors (Lipinski definition) is 2. The van der Waals surface area contributed by atoms with Gasteiger partial charge in [0, 0.05) is 24.8 Å². The number of ether oxygens (including phenoxy) is 3. The predicted molar refractivity (Wildman–Crippen MR) is 146 cm³/mol. The van der Waals surface area contributed by atoms with E-state index >= 15 is 4.39 Å². The van der Waals surface area contributed by atoms with Crippen LogP contribution in [0, 0.1) is 11.6 Å². The van der Waals surface area contributed by atoms with Gasteiger partial charge in [-0.25, -0.2) is 13.8 Å². The molecule has 2 aliphatic heterocycles. The molecule has 2 atom stereocenters. The molecule has 0 spiro atoms. The van der Waals surface area contributed by atoms with E-state index in [-0.39, 0.29) is 34.8 Å². The maximum atomic E-state index is 15.2. The van der Waals surface area contributed by atoms with E-state index < -0.39 is 17.4 Å². The quantitative estimate of drug-likeness (QED) is 0.266. The van der Waals surface area contributed by atoms with E-state index in [1.54, 1.807) is 12.3 Å². The fraction of sp³-hybridized carbons (Fsp3) is 0.333. The number of aromatic amines is 1. The number of fused-ring (bicyclic) bond motifs is 1. The standard InChI is InChI=1S/C30H30F2N4O4/c1-38-26-15-34-30-27(28(26)35-18-7-8-20(39-17-18)16-36-11-4-12-36)22(14-33-30)29(37)21-10-9-19(13-24(21)32)40-25-6-3-2-5-23(25)31/h2-3,5-6,9-10,13-15,18,20H,4,7-8,11-12,16-17H2,1H3,(H2,33,34,35)/t18-,20+/m1/s1. The van der Waals surface area contributed by atoms with E-state index in [2.05, 4.69) is 20.2 Å². The lowest BCUT2D eigenvalue weighted by Gasteiger charge is -2.37. The van der Waals surface area contributed by atoms with Gasteiger partial charge in [0.15, 0.2) is 23.1 Å². The Hall–Kier alpha value is -4.02. The van der Waals surface area contributed by atoms with Crippen LogP contribution in [0.15, 0.2) is 54.9 Å². The molecule has 0 unspecified atom stereocenters. The number of halogens is 2. The Labute approximate surface area is 230 Å². The zero-order valence-electron chi connectivity index (χ0n) is 22.1. The Morgan fingerprint density at radius 3 is 2.67 bits per heavy atom. The molecule has 208 valence electrons. The molecule has 4 aromatic rings. The number of methoxy groups -OCH3 is 1.